The highest BCUT2D eigenvalue weighted by atomic mass is 16.6. The van der Waals surface area contributed by atoms with E-state index >= 15 is 0 Å². The number of carbonyl (C=O) groups is 3. The van der Waals surface area contributed by atoms with E-state index in [9.17, 15) is 19.5 Å². The molecule has 1 heterocycles. The fourth-order valence-corrected chi connectivity index (χ4v) is 2.98. The largest absolute Gasteiger partial charge is 0.481 e. The number of aliphatic carboxylic acids is 1. The molecule has 2 N–H and O–H groups in total. The van der Waals surface area contributed by atoms with Crippen molar-refractivity contribution in [1.82, 2.24) is 10.2 Å². The minimum Gasteiger partial charge on any atom is -0.481 e. The highest BCUT2D eigenvalue weighted by Crippen LogP contribution is 2.14. The maximum Gasteiger partial charge on any atom is 0.417 e. The van der Waals surface area contributed by atoms with E-state index in [1.807, 2.05) is 30.3 Å². The molecule has 1 aliphatic heterocycles. The molecule has 1 aliphatic rings. The molecular weight excluding hydrogens is 336 g/mol. The van der Waals surface area contributed by atoms with E-state index in [0.29, 0.717) is 19.3 Å². The molecule has 0 bridgehead atoms. The number of nitrogens with one attached hydrogen (secondary N) is 1. The van der Waals surface area contributed by atoms with Crippen LogP contribution in [0.4, 0.5) is 4.79 Å². The minimum atomic E-state index is -0.962. The Labute approximate surface area is 153 Å². The third-order valence-electron chi connectivity index (χ3n) is 4.59. The summed E-state index contributed by atoms with van der Waals surface area (Å²) in [7, 11) is 0. The molecule has 1 amide bonds. The number of carboxylic acid groups (broad SMARTS) is 1. The first-order valence-corrected chi connectivity index (χ1v) is 9.02. The van der Waals surface area contributed by atoms with Gasteiger partial charge in [0.2, 0.25) is 0 Å². The second-order valence-corrected chi connectivity index (χ2v) is 6.43. The Morgan fingerprint density at radius 3 is 2.62 bits per heavy atom. The molecule has 142 valence electrons. The third-order valence-corrected chi connectivity index (χ3v) is 4.59. The van der Waals surface area contributed by atoms with E-state index in [1.165, 1.54) is 4.90 Å². The molecule has 26 heavy (non-hydrogen) atoms. The zero-order valence-electron chi connectivity index (χ0n) is 15.0. The van der Waals surface area contributed by atoms with Gasteiger partial charge in [0.05, 0.1) is 5.92 Å². The zero-order chi connectivity index (χ0) is 18.9. The Kier molecular flexibility index (Phi) is 7.59. The van der Waals surface area contributed by atoms with Gasteiger partial charge in [0.25, 0.3) is 0 Å². The Bertz CT molecular complexity index is 614. The maximum absolute atomic E-state index is 12.2. The summed E-state index contributed by atoms with van der Waals surface area (Å²) in [5.41, 5.74) is 1.05. The van der Waals surface area contributed by atoms with Crippen molar-refractivity contribution in [2.75, 3.05) is 19.6 Å². The van der Waals surface area contributed by atoms with E-state index in [-0.39, 0.29) is 13.1 Å². The standard InChI is InChI=1S/C19H26N2O5/c1-2-21(19(25)26-18(24)16-9-6-12-20-16)13-15(17(22)23)11-10-14-7-4-3-5-8-14/h3-5,7-8,15-16,20H,2,6,9-13H2,1H3,(H,22,23)/t15?,16-/m0/s1. The maximum atomic E-state index is 12.2. The van der Waals surface area contributed by atoms with E-state index < -0.39 is 30.0 Å². The number of ether oxygens (including phenoxy) is 1. The summed E-state index contributed by atoms with van der Waals surface area (Å²) in [5.74, 6) is -2.28. The van der Waals surface area contributed by atoms with Gasteiger partial charge in [0.1, 0.15) is 6.04 Å². The van der Waals surface area contributed by atoms with Crippen molar-refractivity contribution in [1.29, 1.82) is 0 Å². The van der Waals surface area contributed by atoms with Crippen LogP contribution in [0.15, 0.2) is 30.3 Å². The molecule has 1 unspecified atom stereocenters. The van der Waals surface area contributed by atoms with Gasteiger partial charge in [0.15, 0.2) is 0 Å². The van der Waals surface area contributed by atoms with E-state index in [0.717, 1.165) is 18.5 Å². The molecule has 1 saturated heterocycles. The number of esters is 1. The quantitative estimate of drug-likeness (QED) is 0.543. The number of hydrogen-bond acceptors (Lipinski definition) is 5. The van der Waals surface area contributed by atoms with Gasteiger partial charge in [-0.3, -0.25) is 4.79 Å². The first-order valence-electron chi connectivity index (χ1n) is 9.02. The Morgan fingerprint density at radius 1 is 1.31 bits per heavy atom. The number of carbonyl (C=O) groups excluding carboxylic acids is 2. The molecule has 0 aliphatic carbocycles. The number of carboxylic acids is 1. The molecule has 7 nitrogen and oxygen atoms in total. The fraction of sp³-hybridized carbons (Fsp3) is 0.526. The summed E-state index contributed by atoms with van der Waals surface area (Å²) in [6, 6.07) is 9.15. The lowest BCUT2D eigenvalue weighted by Gasteiger charge is -2.24. The van der Waals surface area contributed by atoms with Crippen LogP contribution in [0.5, 0.6) is 0 Å². The van der Waals surface area contributed by atoms with Crippen LogP contribution in [0.25, 0.3) is 0 Å². The lowest BCUT2D eigenvalue weighted by Crippen LogP contribution is -2.42. The smallest absolute Gasteiger partial charge is 0.417 e. The van der Waals surface area contributed by atoms with Crippen LogP contribution in [0.1, 0.15) is 31.7 Å². The number of benzene rings is 1. The average molecular weight is 362 g/mol. The summed E-state index contributed by atoms with van der Waals surface area (Å²) < 4.78 is 4.92. The van der Waals surface area contributed by atoms with Gasteiger partial charge in [0, 0.05) is 13.1 Å². The van der Waals surface area contributed by atoms with Crippen LogP contribution < -0.4 is 5.32 Å². The van der Waals surface area contributed by atoms with E-state index in [4.69, 9.17) is 4.74 Å². The lowest BCUT2D eigenvalue weighted by atomic mass is 9.99. The summed E-state index contributed by atoms with van der Waals surface area (Å²) in [5, 5.41) is 12.5. The van der Waals surface area contributed by atoms with Crippen LogP contribution >= 0.6 is 0 Å². The van der Waals surface area contributed by atoms with Gasteiger partial charge in [-0.25, -0.2) is 9.59 Å². The number of amides is 1. The van der Waals surface area contributed by atoms with E-state index in [1.54, 1.807) is 6.92 Å². The Morgan fingerprint density at radius 2 is 2.04 bits per heavy atom. The van der Waals surface area contributed by atoms with Gasteiger partial charge < -0.3 is 20.1 Å². The summed E-state index contributed by atoms with van der Waals surface area (Å²) >= 11 is 0. The summed E-state index contributed by atoms with van der Waals surface area (Å²) in [6.07, 6.45) is 1.74. The van der Waals surface area contributed by atoms with Crippen LogP contribution in [0, 0.1) is 5.92 Å². The molecule has 0 aromatic heterocycles. The zero-order valence-corrected chi connectivity index (χ0v) is 15.0. The van der Waals surface area contributed by atoms with Crippen molar-refractivity contribution in [3.05, 3.63) is 35.9 Å². The van der Waals surface area contributed by atoms with Crippen molar-refractivity contribution in [2.45, 2.75) is 38.6 Å². The average Bonchev–Trinajstić information content (AvgIpc) is 3.17. The number of aryl methyl sites for hydroxylation is 1. The fourth-order valence-electron chi connectivity index (χ4n) is 2.98. The van der Waals surface area contributed by atoms with Gasteiger partial charge in [-0.1, -0.05) is 30.3 Å². The highest BCUT2D eigenvalue weighted by molar-refractivity contribution is 5.88. The Hall–Kier alpha value is -2.41. The van der Waals surface area contributed by atoms with Crippen LogP contribution in [-0.2, 0) is 20.7 Å². The second kappa shape index (κ2) is 9.91. The molecule has 0 spiro atoms. The van der Waals surface area contributed by atoms with Crippen molar-refractivity contribution in [2.24, 2.45) is 5.92 Å². The van der Waals surface area contributed by atoms with Crippen molar-refractivity contribution in [3.63, 3.8) is 0 Å². The molecule has 1 aromatic rings. The molecule has 1 fully saturated rings. The molecule has 2 atom stereocenters. The Balaban J connectivity index is 1.90. The lowest BCUT2D eigenvalue weighted by molar-refractivity contribution is -0.142. The molecule has 7 heteroatoms. The topological polar surface area (TPSA) is 95.9 Å². The third kappa shape index (κ3) is 5.84. The predicted molar refractivity (Wildman–Crippen MR) is 95.6 cm³/mol. The number of nitrogens with zero attached hydrogens (tertiary/aromatic N) is 1. The molecule has 1 aromatic carbocycles. The van der Waals surface area contributed by atoms with Gasteiger partial charge >= 0.3 is 18.0 Å². The van der Waals surface area contributed by atoms with Crippen LogP contribution in [0.2, 0.25) is 0 Å². The van der Waals surface area contributed by atoms with Gasteiger partial charge in [-0.15, -0.1) is 0 Å². The predicted octanol–water partition coefficient (Wildman–Crippen LogP) is 2.06. The van der Waals surface area contributed by atoms with Crippen molar-refractivity contribution in [3.8, 4) is 0 Å². The van der Waals surface area contributed by atoms with Crippen LogP contribution in [-0.4, -0.2) is 53.7 Å². The number of rotatable bonds is 8. The number of hydrogen-bond donors (Lipinski definition) is 2. The summed E-state index contributed by atoms with van der Waals surface area (Å²) in [4.78, 5) is 37.0. The van der Waals surface area contributed by atoms with Crippen molar-refractivity contribution >= 4 is 18.0 Å². The second-order valence-electron chi connectivity index (χ2n) is 6.43. The van der Waals surface area contributed by atoms with Crippen LogP contribution in [0.3, 0.4) is 0 Å². The molecule has 0 saturated carbocycles. The van der Waals surface area contributed by atoms with Gasteiger partial charge in [-0.05, 0) is 44.7 Å². The molecule has 0 radical (unpaired) electrons. The molecule has 2 rings (SSSR count). The first kappa shape index (κ1) is 19.9. The minimum absolute atomic E-state index is 0.0167. The molecular formula is C19H26N2O5. The first-order chi connectivity index (χ1) is 12.5. The van der Waals surface area contributed by atoms with Gasteiger partial charge in [-0.2, -0.15) is 0 Å². The monoisotopic (exact) mass is 362 g/mol. The normalized spacial score (nSPS) is 17.5. The van der Waals surface area contributed by atoms with Crippen molar-refractivity contribution < 1.29 is 24.2 Å². The SMILES string of the molecule is CCN(CC(CCc1ccccc1)C(=O)O)C(=O)OC(=O)[C@@H]1CCCN1. The van der Waals surface area contributed by atoms with E-state index in [2.05, 4.69) is 5.32 Å². The summed E-state index contributed by atoms with van der Waals surface area (Å²) in [6.45, 7) is 2.75. The highest BCUT2D eigenvalue weighted by Gasteiger charge is 2.29.